The van der Waals surface area contributed by atoms with Crippen molar-refractivity contribution in [1.82, 2.24) is 14.5 Å². The summed E-state index contributed by atoms with van der Waals surface area (Å²) in [4.78, 5) is 14.2. The molecule has 3 rings (SSSR count). The molecule has 0 saturated carbocycles. The first-order valence-electron chi connectivity index (χ1n) is 8.26. The second-order valence-electron chi connectivity index (χ2n) is 6.22. The molecule has 2 aliphatic rings. The highest BCUT2D eigenvalue weighted by Crippen LogP contribution is 2.28. The molecule has 0 spiro atoms. The number of methoxy groups -OCH3 is 1. The molecule has 0 bridgehead atoms. The molecule has 1 aromatic rings. The molecule has 0 aromatic heterocycles. The third-order valence-electron chi connectivity index (χ3n) is 4.76. The SMILES string of the molecule is COC(=O)c1ccc(Cl)cc1S(=O)(=O)N1CCC(N2CCNCC2)C1.Cl. The second kappa shape index (κ2) is 8.86. The lowest BCUT2D eigenvalue weighted by Gasteiger charge is -2.32. The summed E-state index contributed by atoms with van der Waals surface area (Å²) >= 11 is 5.98. The molecule has 2 saturated heterocycles. The molecule has 7 nitrogen and oxygen atoms in total. The number of nitrogens with zero attached hydrogens (tertiary/aromatic N) is 2. The maximum Gasteiger partial charge on any atom is 0.339 e. The Bertz CT molecular complexity index is 754. The quantitative estimate of drug-likeness (QED) is 0.733. The summed E-state index contributed by atoms with van der Waals surface area (Å²) in [6, 6.07) is 4.41. The van der Waals surface area contributed by atoms with Gasteiger partial charge in [-0.3, -0.25) is 4.90 Å². The zero-order valence-corrected chi connectivity index (χ0v) is 16.9. The van der Waals surface area contributed by atoms with Crippen molar-refractivity contribution in [2.45, 2.75) is 17.4 Å². The maximum atomic E-state index is 13.1. The molecule has 0 aliphatic carbocycles. The number of ether oxygens (including phenoxy) is 1. The molecule has 1 N–H and O–H groups in total. The van der Waals surface area contributed by atoms with E-state index in [1.807, 2.05) is 0 Å². The van der Waals surface area contributed by atoms with Crippen LogP contribution in [0.5, 0.6) is 0 Å². The van der Waals surface area contributed by atoms with E-state index in [1.54, 1.807) is 0 Å². The number of hydrogen-bond acceptors (Lipinski definition) is 6. The van der Waals surface area contributed by atoms with E-state index in [-0.39, 0.29) is 33.9 Å². The third-order valence-corrected chi connectivity index (χ3v) is 6.90. The van der Waals surface area contributed by atoms with Gasteiger partial charge in [-0.1, -0.05) is 11.6 Å². The van der Waals surface area contributed by atoms with Gasteiger partial charge >= 0.3 is 5.97 Å². The van der Waals surface area contributed by atoms with Crippen LogP contribution in [0.25, 0.3) is 0 Å². The van der Waals surface area contributed by atoms with Crippen molar-refractivity contribution in [3.05, 3.63) is 28.8 Å². The van der Waals surface area contributed by atoms with Crippen LogP contribution in [-0.2, 0) is 14.8 Å². The number of sulfonamides is 1. The highest BCUT2D eigenvalue weighted by molar-refractivity contribution is 7.89. The zero-order valence-electron chi connectivity index (χ0n) is 14.5. The van der Waals surface area contributed by atoms with E-state index in [2.05, 4.69) is 10.2 Å². The van der Waals surface area contributed by atoms with Crippen molar-refractivity contribution >= 4 is 40.0 Å². The Morgan fingerprint density at radius 2 is 1.96 bits per heavy atom. The van der Waals surface area contributed by atoms with E-state index in [0.717, 1.165) is 32.6 Å². The van der Waals surface area contributed by atoms with Gasteiger partial charge in [0.1, 0.15) is 0 Å². The van der Waals surface area contributed by atoms with Gasteiger partial charge in [0.25, 0.3) is 0 Å². The smallest absolute Gasteiger partial charge is 0.339 e. The second-order valence-corrected chi connectivity index (χ2v) is 8.57. The van der Waals surface area contributed by atoms with Gasteiger partial charge in [0.2, 0.25) is 10.0 Å². The lowest BCUT2D eigenvalue weighted by Crippen LogP contribution is -2.49. The van der Waals surface area contributed by atoms with Crippen LogP contribution in [-0.4, -0.2) is 76.0 Å². The van der Waals surface area contributed by atoms with E-state index in [0.29, 0.717) is 13.1 Å². The monoisotopic (exact) mass is 423 g/mol. The average Bonchev–Trinajstić information content (AvgIpc) is 3.13. The normalized spacial score (nSPS) is 22.0. The van der Waals surface area contributed by atoms with Gasteiger partial charge in [0.05, 0.1) is 17.6 Å². The van der Waals surface area contributed by atoms with Gasteiger partial charge in [-0.25, -0.2) is 13.2 Å². The largest absolute Gasteiger partial charge is 0.465 e. The summed E-state index contributed by atoms with van der Waals surface area (Å²) in [6.45, 7) is 4.54. The number of halogens is 2. The third kappa shape index (κ3) is 4.32. The van der Waals surface area contributed by atoms with E-state index >= 15 is 0 Å². The number of hydrogen-bond donors (Lipinski definition) is 1. The summed E-state index contributed by atoms with van der Waals surface area (Å²) in [5.74, 6) is -0.687. The van der Waals surface area contributed by atoms with Crippen LogP contribution in [0.2, 0.25) is 5.02 Å². The molecular formula is C16H23Cl2N3O4S. The topological polar surface area (TPSA) is 79.0 Å². The van der Waals surface area contributed by atoms with Crippen LogP contribution in [0.1, 0.15) is 16.8 Å². The number of rotatable bonds is 4. The predicted molar refractivity (Wildman–Crippen MR) is 102 cm³/mol. The molecule has 26 heavy (non-hydrogen) atoms. The number of carbonyl (C=O) groups is 1. The molecule has 2 aliphatic heterocycles. The first-order valence-corrected chi connectivity index (χ1v) is 10.1. The van der Waals surface area contributed by atoms with Crippen LogP contribution in [0.3, 0.4) is 0 Å². The molecule has 2 heterocycles. The van der Waals surface area contributed by atoms with Crippen LogP contribution in [0, 0.1) is 0 Å². The van der Waals surface area contributed by atoms with E-state index < -0.39 is 16.0 Å². The summed E-state index contributed by atoms with van der Waals surface area (Å²) < 4.78 is 32.3. The van der Waals surface area contributed by atoms with Crippen LogP contribution >= 0.6 is 24.0 Å². The average molecular weight is 424 g/mol. The molecule has 0 radical (unpaired) electrons. The van der Waals surface area contributed by atoms with Gasteiger partial charge in [0, 0.05) is 50.3 Å². The molecule has 1 atom stereocenters. The number of nitrogens with one attached hydrogen (secondary N) is 1. The minimum Gasteiger partial charge on any atom is -0.465 e. The lowest BCUT2D eigenvalue weighted by atomic mass is 10.2. The van der Waals surface area contributed by atoms with Crippen molar-refractivity contribution < 1.29 is 17.9 Å². The fourth-order valence-electron chi connectivity index (χ4n) is 3.40. The first-order chi connectivity index (χ1) is 11.9. The fourth-order valence-corrected chi connectivity index (χ4v) is 5.34. The van der Waals surface area contributed by atoms with Crippen molar-refractivity contribution in [3.8, 4) is 0 Å². The van der Waals surface area contributed by atoms with Gasteiger partial charge in [-0.15, -0.1) is 12.4 Å². The van der Waals surface area contributed by atoms with Crippen molar-refractivity contribution in [2.24, 2.45) is 0 Å². The van der Waals surface area contributed by atoms with Crippen molar-refractivity contribution in [2.75, 3.05) is 46.4 Å². The number of piperazine rings is 1. The van der Waals surface area contributed by atoms with E-state index in [1.165, 1.54) is 29.6 Å². The Kier molecular flexibility index (Phi) is 7.29. The van der Waals surface area contributed by atoms with Crippen molar-refractivity contribution in [1.29, 1.82) is 0 Å². The van der Waals surface area contributed by atoms with Gasteiger partial charge < -0.3 is 10.1 Å². The van der Waals surface area contributed by atoms with Crippen LogP contribution in [0.4, 0.5) is 0 Å². The van der Waals surface area contributed by atoms with E-state index in [4.69, 9.17) is 16.3 Å². The van der Waals surface area contributed by atoms with E-state index in [9.17, 15) is 13.2 Å². The summed E-state index contributed by atoms with van der Waals surface area (Å²) in [6.07, 6.45) is 0.785. The predicted octanol–water partition coefficient (Wildman–Crippen LogP) is 1.22. The molecule has 1 aromatic carbocycles. The minimum absolute atomic E-state index is 0. The van der Waals surface area contributed by atoms with Crippen molar-refractivity contribution in [3.63, 3.8) is 0 Å². The molecule has 1 unspecified atom stereocenters. The molecule has 10 heteroatoms. The summed E-state index contributed by atoms with van der Waals surface area (Å²) in [5, 5.41) is 3.57. The van der Waals surface area contributed by atoms with Gasteiger partial charge in [0.15, 0.2) is 0 Å². The Balaban J connectivity index is 0.00000243. The first kappa shape index (κ1) is 21.4. The minimum atomic E-state index is -3.81. The van der Waals surface area contributed by atoms with Crippen LogP contribution < -0.4 is 5.32 Å². The summed E-state index contributed by atoms with van der Waals surface area (Å²) in [7, 11) is -2.59. The Hall–Kier alpha value is -0.900. The highest BCUT2D eigenvalue weighted by atomic mass is 35.5. The van der Waals surface area contributed by atoms with Gasteiger partial charge in [-0.2, -0.15) is 4.31 Å². The Morgan fingerprint density at radius 3 is 2.62 bits per heavy atom. The number of carbonyl (C=O) groups excluding carboxylic acids is 1. The molecule has 146 valence electrons. The molecular weight excluding hydrogens is 401 g/mol. The molecule has 0 amide bonds. The fraction of sp³-hybridized carbons (Fsp3) is 0.562. The number of esters is 1. The zero-order chi connectivity index (χ0) is 18.0. The van der Waals surface area contributed by atoms with Gasteiger partial charge in [-0.05, 0) is 24.6 Å². The lowest BCUT2D eigenvalue weighted by molar-refractivity contribution is 0.0596. The maximum absolute atomic E-state index is 13.1. The number of benzene rings is 1. The standard InChI is InChI=1S/C16H22ClN3O4S.ClH/c1-24-16(21)14-3-2-12(17)10-15(14)25(22,23)20-7-4-13(11-20)19-8-5-18-6-9-19;/h2-3,10,13,18H,4-9,11H2,1H3;1H. The Labute approximate surface area is 165 Å². The Morgan fingerprint density at radius 1 is 1.27 bits per heavy atom. The summed E-state index contributed by atoms with van der Waals surface area (Å²) in [5.41, 5.74) is 0.0116. The highest BCUT2D eigenvalue weighted by Gasteiger charge is 2.37. The van der Waals surface area contributed by atoms with Crippen LogP contribution in [0.15, 0.2) is 23.1 Å². The molecule has 2 fully saturated rings.